The average Bonchev–Trinajstić information content (AvgIpc) is 2.61. The first-order chi connectivity index (χ1) is 12.0. The van der Waals surface area contributed by atoms with Crippen molar-refractivity contribution in [2.75, 3.05) is 12.0 Å². The molecule has 6 nitrogen and oxygen atoms in total. The van der Waals surface area contributed by atoms with E-state index in [0.29, 0.717) is 16.3 Å². The molecule has 2 aromatic heterocycles. The third-order valence-electron chi connectivity index (χ3n) is 3.08. The van der Waals surface area contributed by atoms with Crippen LogP contribution in [0, 0.1) is 18.8 Å². The maximum atomic E-state index is 11.5. The number of aromatic nitrogens is 2. The summed E-state index contributed by atoms with van der Waals surface area (Å²) in [6.07, 6.45) is 4.82. The minimum absolute atomic E-state index is 0.147. The van der Waals surface area contributed by atoms with Gasteiger partial charge in [-0.25, -0.2) is 4.79 Å². The van der Waals surface area contributed by atoms with Crippen molar-refractivity contribution in [3.8, 4) is 11.8 Å². The summed E-state index contributed by atoms with van der Waals surface area (Å²) in [7, 11) is 1.32. The number of methoxy groups -OCH3 is 1. The van der Waals surface area contributed by atoms with Crippen molar-refractivity contribution in [1.29, 1.82) is 0 Å². The fraction of sp³-hybridized carbons (Fsp3) is 0.176. The molecule has 0 amide bonds. The van der Waals surface area contributed by atoms with Gasteiger partial charge in [0, 0.05) is 0 Å². The summed E-state index contributed by atoms with van der Waals surface area (Å²) in [5, 5.41) is 4.50. The number of hydrogen-bond donors (Lipinski definition) is 1. The van der Waals surface area contributed by atoms with Crippen molar-refractivity contribution in [2.45, 2.75) is 6.92 Å². The molecular formula is C17H15ClIN4O2-. The molecule has 8 heteroatoms. The van der Waals surface area contributed by atoms with Crippen LogP contribution in [0.3, 0.4) is 0 Å². The molecule has 2 aromatic rings. The molecule has 0 aliphatic rings. The Hall–Kier alpha value is -2.18. The van der Waals surface area contributed by atoms with Crippen molar-refractivity contribution in [2.24, 2.45) is 5.10 Å². The van der Waals surface area contributed by atoms with E-state index in [-0.39, 0.29) is 27.2 Å². The predicted molar refractivity (Wildman–Crippen MR) is 92.2 cm³/mol. The summed E-state index contributed by atoms with van der Waals surface area (Å²) in [5.41, 5.74) is 3.26. The molecule has 0 fully saturated rings. The van der Waals surface area contributed by atoms with Gasteiger partial charge in [-0.1, -0.05) is 0 Å². The van der Waals surface area contributed by atoms with Gasteiger partial charge in [0.25, 0.3) is 0 Å². The fourth-order valence-corrected chi connectivity index (χ4v) is 2.42. The van der Waals surface area contributed by atoms with Crippen LogP contribution < -0.4 is 25.1 Å². The molecule has 2 rings (SSSR count). The second-order valence-corrected chi connectivity index (χ2v) is 6.70. The first kappa shape index (κ1) is 19.1. The van der Waals surface area contributed by atoms with Crippen LogP contribution in [-0.4, -0.2) is 34.2 Å². The van der Waals surface area contributed by atoms with Crippen molar-refractivity contribution in [3.05, 3.63) is 57.6 Å². The molecule has 25 heavy (non-hydrogen) atoms. The molecule has 0 bridgehead atoms. The number of ether oxygens (including phenoxy) is 1. The van der Waals surface area contributed by atoms with E-state index >= 15 is 0 Å². The molecule has 130 valence electrons. The number of pyridine rings is 2. The number of rotatable bonds is 4. The summed E-state index contributed by atoms with van der Waals surface area (Å²) >= 11 is 5.80. The maximum absolute atomic E-state index is 11.5. The van der Waals surface area contributed by atoms with E-state index in [1.807, 2.05) is 6.92 Å². The van der Waals surface area contributed by atoms with E-state index in [1.165, 1.54) is 7.11 Å². The van der Waals surface area contributed by atoms with Gasteiger partial charge in [0.2, 0.25) is 0 Å². The molecule has 0 spiro atoms. The van der Waals surface area contributed by atoms with Crippen LogP contribution >= 0.6 is 11.6 Å². The van der Waals surface area contributed by atoms with E-state index < -0.39 is 5.97 Å². The summed E-state index contributed by atoms with van der Waals surface area (Å²) in [5.74, 6) is 5.61. The van der Waals surface area contributed by atoms with Gasteiger partial charge in [0.05, 0.1) is 7.11 Å². The Morgan fingerprint density at radius 3 is 2.72 bits per heavy atom. The van der Waals surface area contributed by atoms with Crippen LogP contribution in [0.4, 0.5) is 0 Å². The third-order valence-corrected chi connectivity index (χ3v) is 4.04. The van der Waals surface area contributed by atoms with Gasteiger partial charge in [-0.2, -0.15) is 0 Å². The second-order valence-electron chi connectivity index (χ2n) is 4.75. The van der Waals surface area contributed by atoms with Crippen molar-refractivity contribution < 1.29 is 31.0 Å². The summed E-state index contributed by atoms with van der Waals surface area (Å²) in [6.45, 7) is 1.86. The van der Waals surface area contributed by atoms with Gasteiger partial charge >= 0.3 is 145 Å². The Bertz CT molecular complexity index is 875. The Balaban J connectivity index is 2.33. The molecule has 1 N–H and O–H groups in total. The fourth-order valence-electron chi connectivity index (χ4n) is 1.84. The van der Waals surface area contributed by atoms with Crippen molar-refractivity contribution >= 4 is 23.8 Å². The van der Waals surface area contributed by atoms with Gasteiger partial charge in [-0.15, -0.1) is 0 Å². The minimum atomic E-state index is -0.478. The Morgan fingerprint density at radius 1 is 1.32 bits per heavy atom. The zero-order valence-corrected chi connectivity index (χ0v) is 16.7. The van der Waals surface area contributed by atoms with E-state index in [1.54, 1.807) is 30.7 Å². The standard InChI is InChI=1S/C17H15ClIN4O2/c1-11-6-15(17(24)25-3)20-8-12(11)4-5-13-9-21-16(18)7-14(13)10-22-23-19-2/h6-10,23H,1-3H3/q-1/b22-10+. The summed E-state index contributed by atoms with van der Waals surface area (Å²) < 4.78 is 7.62. The van der Waals surface area contributed by atoms with Crippen LogP contribution in [0.2, 0.25) is 5.15 Å². The van der Waals surface area contributed by atoms with Gasteiger partial charge in [-0.05, 0) is 0 Å². The van der Waals surface area contributed by atoms with Crippen LogP contribution in [0.5, 0.6) is 0 Å². The van der Waals surface area contributed by atoms with Gasteiger partial charge < -0.3 is 4.74 Å². The molecule has 0 unspecified atom stereocenters. The first-order valence-electron chi connectivity index (χ1n) is 7.04. The second kappa shape index (κ2) is 9.34. The van der Waals surface area contributed by atoms with Crippen LogP contribution in [0.15, 0.2) is 29.6 Å². The molecule has 0 radical (unpaired) electrons. The van der Waals surface area contributed by atoms with E-state index in [2.05, 4.69) is 40.2 Å². The monoisotopic (exact) mass is 469 g/mol. The number of hydrogen-bond acceptors (Lipinski definition) is 6. The van der Waals surface area contributed by atoms with Crippen molar-refractivity contribution in [3.63, 3.8) is 0 Å². The molecule has 0 aromatic carbocycles. The van der Waals surface area contributed by atoms with Crippen LogP contribution in [0.25, 0.3) is 0 Å². The topological polar surface area (TPSA) is 76.5 Å². The quantitative estimate of drug-likeness (QED) is 0.0926. The number of esters is 1. The summed E-state index contributed by atoms with van der Waals surface area (Å²) in [6, 6.07) is 3.35. The number of carbonyl (C=O) groups excluding carboxylic acids is 1. The molecule has 0 saturated heterocycles. The van der Waals surface area contributed by atoms with Crippen LogP contribution in [0.1, 0.15) is 32.7 Å². The Labute approximate surface area is 161 Å². The Morgan fingerprint density at radius 2 is 2.04 bits per heavy atom. The number of alkyl halides is 1. The molecule has 2 heterocycles. The SMILES string of the molecule is COC(=O)c1cc(C)c(C#Cc2cnc(Cl)cc2/C=N/N[I-]C)cn1. The predicted octanol–water partition coefficient (Wildman–Crippen LogP) is -0.818. The van der Waals surface area contributed by atoms with E-state index in [4.69, 9.17) is 11.6 Å². The normalized spacial score (nSPS) is 10.4. The Kier molecular flexibility index (Phi) is 7.16. The summed E-state index contributed by atoms with van der Waals surface area (Å²) in [4.78, 5) is 21.7. The molecule has 0 aliphatic heterocycles. The van der Waals surface area contributed by atoms with Crippen molar-refractivity contribution in [1.82, 2.24) is 13.6 Å². The van der Waals surface area contributed by atoms with E-state index in [0.717, 1.165) is 11.1 Å². The third kappa shape index (κ3) is 5.41. The molecule has 0 aliphatic carbocycles. The van der Waals surface area contributed by atoms with E-state index in [9.17, 15) is 4.79 Å². The number of carbonyl (C=O) groups is 1. The van der Waals surface area contributed by atoms with Crippen LogP contribution in [-0.2, 0) is 4.74 Å². The molecular weight excluding hydrogens is 455 g/mol. The zero-order valence-electron chi connectivity index (χ0n) is 13.8. The number of nitrogens with one attached hydrogen (secondary N) is 1. The number of aryl methyl sites for hydroxylation is 1. The molecule has 0 atom stereocenters. The van der Waals surface area contributed by atoms with Gasteiger partial charge in [0.1, 0.15) is 0 Å². The average molecular weight is 470 g/mol. The van der Waals surface area contributed by atoms with Gasteiger partial charge in [0.15, 0.2) is 0 Å². The number of hydrazone groups is 1. The molecule has 0 saturated carbocycles. The zero-order chi connectivity index (χ0) is 18.2. The first-order valence-corrected chi connectivity index (χ1v) is 10.7. The number of halogens is 2. The number of nitrogens with zero attached hydrogens (tertiary/aromatic N) is 3. The van der Waals surface area contributed by atoms with Gasteiger partial charge in [-0.3, -0.25) is 0 Å².